The third-order valence-corrected chi connectivity index (χ3v) is 3.89. The first-order valence-corrected chi connectivity index (χ1v) is 6.28. The summed E-state index contributed by atoms with van der Waals surface area (Å²) in [7, 11) is 0. The molecule has 2 fully saturated rings. The van der Waals surface area contributed by atoms with E-state index in [9.17, 15) is 14.4 Å². The van der Waals surface area contributed by atoms with Gasteiger partial charge in [0.2, 0.25) is 11.8 Å². The summed E-state index contributed by atoms with van der Waals surface area (Å²) in [6, 6.07) is -0.520. The number of rotatable bonds is 4. The maximum absolute atomic E-state index is 12.1. The highest BCUT2D eigenvalue weighted by Gasteiger charge is 2.48. The second-order valence-corrected chi connectivity index (χ2v) is 5.07. The van der Waals surface area contributed by atoms with Gasteiger partial charge < -0.3 is 5.11 Å². The summed E-state index contributed by atoms with van der Waals surface area (Å²) in [5.74, 6) is -1.54. The fourth-order valence-corrected chi connectivity index (χ4v) is 2.49. The Morgan fingerprint density at radius 2 is 2.06 bits per heavy atom. The van der Waals surface area contributed by atoms with Crippen LogP contribution in [0.1, 0.15) is 26.7 Å². The maximum Gasteiger partial charge on any atom is 0.309 e. The van der Waals surface area contributed by atoms with E-state index in [-0.39, 0.29) is 24.3 Å². The van der Waals surface area contributed by atoms with E-state index in [1.165, 1.54) is 4.90 Å². The molecule has 2 aliphatic heterocycles. The maximum atomic E-state index is 12.1. The second-order valence-electron chi connectivity index (χ2n) is 5.07. The topological polar surface area (TPSA) is 77.9 Å². The van der Waals surface area contributed by atoms with E-state index in [1.807, 2.05) is 13.8 Å². The Hall–Kier alpha value is -1.43. The minimum atomic E-state index is -0.832. The predicted octanol–water partition coefficient (Wildman–Crippen LogP) is -0.0712. The Labute approximate surface area is 106 Å². The molecule has 0 aromatic carbocycles. The summed E-state index contributed by atoms with van der Waals surface area (Å²) >= 11 is 0. The number of nitrogens with zero attached hydrogens (tertiary/aromatic N) is 2. The quantitative estimate of drug-likeness (QED) is 0.710. The lowest BCUT2D eigenvalue weighted by Gasteiger charge is -2.39. The van der Waals surface area contributed by atoms with Crippen molar-refractivity contribution in [3.05, 3.63) is 0 Å². The van der Waals surface area contributed by atoms with Crippen LogP contribution in [0.25, 0.3) is 0 Å². The van der Waals surface area contributed by atoms with Crippen LogP contribution in [-0.2, 0) is 14.4 Å². The third-order valence-electron chi connectivity index (χ3n) is 3.89. The predicted molar refractivity (Wildman–Crippen MR) is 62.7 cm³/mol. The van der Waals surface area contributed by atoms with Crippen LogP contribution < -0.4 is 0 Å². The zero-order chi connectivity index (χ0) is 13.4. The largest absolute Gasteiger partial charge is 0.481 e. The van der Waals surface area contributed by atoms with E-state index < -0.39 is 17.9 Å². The van der Waals surface area contributed by atoms with E-state index in [0.717, 1.165) is 6.42 Å². The molecular formula is C12H18N2O4. The summed E-state index contributed by atoms with van der Waals surface area (Å²) in [4.78, 5) is 37.8. The smallest absolute Gasteiger partial charge is 0.309 e. The van der Waals surface area contributed by atoms with Gasteiger partial charge in [-0.15, -0.1) is 0 Å². The standard InChI is InChI=1S/C12H18N2O4/c1-3-7(2)14-10(15)4-9(11(14)16)13-5-8(6-13)12(17)18/h7-9H,3-6H2,1-2H3,(H,17,18). The number of carboxylic acids is 1. The number of hydrogen-bond acceptors (Lipinski definition) is 4. The van der Waals surface area contributed by atoms with E-state index in [1.54, 1.807) is 4.90 Å². The number of carbonyl (C=O) groups excluding carboxylic acids is 2. The van der Waals surface area contributed by atoms with Gasteiger partial charge >= 0.3 is 5.97 Å². The van der Waals surface area contributed by atoms with Crippen molar-refractivity contribution in [1.82, 2.24) is 9.80 Å². The van der Waals surface area contributed by atoms with E-state index in [4.69, 9.17) is 5.11 Å². The van der Waals surface area contributed by atoms with E-state index >= 15 is 0 Å². The Balaban J connectivity index is 1.99. The lowest BCUT2D eigenvalue weighted by Crippen LogP contribution is -2.57. The number of aliphatic carboxylic acids is 1. The molecule has 2 unspecified atom stereocenters. The highest BCUT2D eigenvalue weighted by Crippen LogP contribution is 2.27. The van der Waals surface area contributed by atoms with Gasteiger partial charge in [-0.2, -0.15) is 0 Å². The fraction of sp³-hybridized carbons (Fsp3) is 0.750. The van der Waals surface area contributed by atoms with Crippen LogP contribution in [0.15, 0.2) is 0 Å². The molecule has 2 saturated heterocycles. The minimum absolute atomic E-state index is 0.0773. The van der Waals surface area contributed by atoms with Gasteiger partial charge in [0, 0.05) is 19.1 Å². The van der Waals surface area contributed by atoms with Crippen molar-refractivity contribution in [2.24, 2.45) is 5.92 Å². The second kappa shape index (κ2) is 4.68. The van der Waals surface area contributed by atoms with Crippen molar-refractivity contribution >= 4 is 17.8 Å². The van der Waals surface area contributed by atoms with Crippen molar-refractivity contribution in [3.8, 4) is 0 Å². The summed E-state index contributed by atoms with van der Waals surface area (Å²) < 4.78 is 0. The van der Waals surface area contributed by atoms with Crippen molar-refractivity contribution in [1.29, 1.82) is 0 Å². The van der Waals surface area contributed by atoms with Gasteiger partial charge in [0.25, 0.3) is 0 Å². The zero-order valence-corrected chi connectivity index (χ0v) is 10.6. The van der Waals surface area contributed by atoms with Crippen molar-refractivity contribution in [2.45, 2.75) is 38.8 Å². The molecule has 6 nitrogen and oxygen atoms in total. The molecular weight excluding hydrogens is 236 g/mol. The number of hydrogen-bond donors (Lipinski definition) is 1. The van der Waals surface area contributed by atoms with E-state index in [2.05, 4.69) is 0 Å². The molecule has 0 spiro atoms. The van der Waals surface area contributed by atoms with Crippen LogP contribution in [0.5, 0.6) is 0 Å². The van der Waals surface area contributed by atoms with Crippen LogP contribution in [0.2, 0.25) is 0 Å². The van der Waals surface area contributed by atoms with Crippen LogP contribution in [-0.4, -0.2) is 57.9 Å². The van der Waals surface area contributed by atoms with E-state index in [0.29, 0.717) is 13.1 Å². The lowest BCUT2D eigenvalue weighted by atomic mass is 9.97. The molecule has 2 amide bonds. The monoisotopic (exact) mass is 254 g/mol. The van der Waals surface area contributed by atoms with Crippen LogP contribution >= 0.6 is 0 Å². The number of imide groups is 1. The highest BCUT2D eigenvalue weighted by atomic mass is 16.4. The van der Waals surface area contributed by atoms with Crippen molar-refractivity contribution in [3.63, 3.8) is 0 Å². The molecule has 0 bridgehead atoms. The van der Waals surface area contributed by atoms with Crippen molar-refractivity contribution < 1.29 is 19.5 Å². The Bertz CT molecular complexity index is 390. The van der Waals surface area contributed by atoms with Crippen LogP contribution in [0, 0.1) is 5.92 Å². The molecule has 0 aliphatic carbocycles. The first-order chi connectivity index (χ1) is 8.45. The van der Waals surface area contributed by atoms with Gasteiger partial charge in [0.1, 0.15) is 0 Å². The first-order valence-electron chi connectivity index (χ1n) is 6.28. The molecule has 0 aromatic heterocycles. The Morgan fingerprint density at radius 1 is 1.44 bits per heavy atom. The molecule has 0 radical (unpaired) electrons. The van der Waals surface area contributed by atoms with Gasteiger partial charge in [0.05, 0.1) is 18.4 Å². The first kappa shape index (κ1) is 13.0. The highest BCUT2D eigenvalue weighted by molar-refractivity contribution is 6.06. The van der Waals surface area contributed by atoms with Gasteiger partial charge in [-0.1, -0.05) is 6.92 Å². The summed E-state index contributed by atoms with van der Waals surface area (Å²) in [6.45, 7) is 4.53. The average molecular weight is 254 g/mol. The van der Waals surface area contributed by atoms with Gasteiger partial charge in [0.15, 0.2) is 0 Å². The number of likely N-dealkylation sites (tertiary alicyclic amines) is 2. The Kier molecular flexibility index (Phi) is 3.38. The van der Waals surface area contributed by atoms with Crippen molar-refractivity contribution in [2.75, 3.05) is 13.1 Å². The molecule has 18 heavy (non-hydrogen) atoms. The fourth-order valence-electron chi connectivity index (χ4n) is 2.49. The van der Waals surface area contributed by atoms with Gasteiger partial charge in [-0.25, -0.2) is 0 Å². The molecule has 1 N–H and O–H groups in total. The van der Waals surface area contributed by atoms with Crippen LogP contribution in [0.3, 0.4) is 0 Å². The average Bonchev–Trinajstić information content (AvgIpc) is 2.51. The number of carboxylic acid groups (broad SMARTS) is 1. The summed E-state index contributed by atoms with van der Waals surface area (Å²) in [5.41, 5.74) is 0. The molecule has 2 aliphatic rings. The van der Waals surface area contributed by atoms with Gasteiger partial charge in [-0.3, -0.25) is 24.2 Å². The minimum Gasteiger partial charge on any atom is -0.481 e. The lowest BCUT2D eigenvalue weighted by molar-refractivity contribution is -0.152. The van der Waals surface area contributed by atoms with Crippen LogP contribution in [0.4, 0.5) is 0 Å². The summed E-state index contributed by atoms with van der Waals surface area (Å²) in [5, 5.41) is 8.80. The molecule has 100 valence electrons. The molecule has 0 saturated carbocycles. The zero-order valence-electron chi connectivity index (χ0n) is 10.6. The number of carbonyl (C=O) groups is 3. The molecule has 6 heteroatoms. The number of amides is 2. The summed E-state index contributed by atoms with van der Waals surface area (Å²) in [6.07, 6.45) is 0.928. The molecule has 0 aromatic rings. The SMILES string of the molecule is CCC(C)N1C(=O)CC(N2CC(C(=O)O)C2)C1=O. The van der Waals surface area contributed by atoms with Gasteiger partial charge in [-0.05, 0) is 13.3 Å². The normalized spacial score (nSPS) is 27.4. The third kappa shape index (κ3) is 2.01. The molecule has 2 atom stereocenters. The Morgan fingerprint density at radius 3 is 2.56 bits per heavy atom. The molecule has 2 heterocycles. The molecule has 2 rings (SSSR count).